The standard InChI is InChI=1S/C38H26OS2/c1-4-9-26(25-16-18-29-28-11-5-6-14-33(28)41-35(29)21-25)37-23(3)40-34-15-8-12-27(38(34)37)24-17-19-31-30(20-24)36-22(2)10-7-13-32(36)39-31/h4-21H,1H2,2-3H3/b26-9-. The van der Waals surface area contributed by atoms with Gasteiger partial charge in [0.1, 0.15) is 11.2 Å². The number of hydrogen-bond acceptors (Lipinski definition) is 3. The molecule has 0 radical (unpaired) electrons. The van der Waals surface area contributed by atoms with Crippen LogP contribution in [-0.4, -0.2) is 0 Å². The van der Waals surface area contributed by atoms with E-state index in [1.807, 2.05) is 28.7 Å². The smallest absolute Gasteiger partial charge is 0.135 e. The Kier molecular flexibility index (Phi) is 5.53. The van der Waals surface area contributed by atoms with Crippen LogP contribution in [0.15, 0.2) is 120 Å². The summed E-state index contributed by atoms with van der Waals surface area (Å²) in [4.78, 5) is 1.31. The molecule has 0 aliphatic heterocycles. The maximum atomic E-state index is 6.21. The van der Waals surface area contributed by atoms with Crippen LogP contribution in [0.2, 0.25) is 0 Å². The van der Waals surface area contributed by atoms with Gasteiger partial charge in [-0.05, 0) is 78.1 Å². The van der Waals surface area contributed by atoms with E-state index in [9.17, 15) is 0 Å². The fourth-order valence-corrected chi connectivity index (χ4v) is 8.59. The molecule has 0 atom stereocenters. The zero-order valence-corrected chi connectivity index (χ0v) is 24.5. The molecule has 3 heterocycles. The highest BCUT2D eigenvalue weighted by molar-refractivity contribution is 7.25. The summed E-state index contributed by atoms with van der Waals surface area (Å²) >= 11 is 3.72. The zero-order valence-electron chi connectivity index (χ0n) is 22.8. The van der Waals surface area contributed by atoms with Gasteiger partial charge in [0.05, 0.1) is 0 Å². The van der Waals surface area contributed by atoms with Crippen LogP contribution in [0.5, 0.6) is 0 Å². The molecule has 8 aromatic rings. The number of benzene rings is 5. The van der Waals surface area contributed by atoms with Crippen molar-refractivity contribution >= 4 is 80.4 Å². The van der Waals surface area contributed by atoms with Gasteiger partial charge in [-0.3, -0.25) is 0 Å². The number of fused-ring (bicyclic) bond motifs is 7. The average Bonchev–Trinajstić information content (AvgIpc) is 3.65. The van der Waals surface area contributed by atoms with Crippen LogP contribution in [0.4, 0.5) is 0 Å². The summed E-state index contributed by atoms with van der Waals surface area (Å²) in [7, 11) is 0. The van der Waals surface area contributed by atoms with E-state index in [2.05, 4.69) is 124 Å². The van der Waals surface area contributed by atoms with Crippen molar-refractivity contribution in [2.24, 2.45) is 0 Å². The Morgan fingerprint density at radius 2 is 1.51 bits per heavy atom. The summed E-state index contributed by atoms with van der Waals surface area (Å²) in [6.45, 7) is 8.51. The molecular formula is C38H26OS2. The van der Waals surface area contributed by atoms with E-state index in [0.29, 0.717) is 0 Å². The Morgan fingerprint density at radius 3 is 2.41 bits per heavy atom. The minimum atomic E-state index is 0.927. The summed E-state index contributed by atoms with van der Waals surface area (Å²) in [5.41, 5.74) is 9.25. The van der Waals surface area contributed by atoms with Crippen molar-refractivity contribution in [3.8, 4) is 11.1 Å². The van der Waals surface area contributed by atoms with Gasteiger partial charge in [0.15, 0.2) is 0 Å². The average molecular weight is 563 g/mol. The predicted molar refractivity (Wildman–Crippen MR) is 181 cm³/mol. The molecule has 0 aliphatic rings. The van der Waals surface area contributed by atoms with Crippen molar-refractivity contribution in [1.29, 1.82) is 0 Å². The summed E-state index contributed by atoms with van der Waals surface area (Å²) in [6, 6.07) is 35.2. The monoisotopic (exact) mass is 562 g/mol. The van der Waals surface area contributed by atoms with Crippen LogP contribution in [0, 0.1) is 13.8 Å². The molecule has 0 aliphatic carbocycles. The van der Waals surface area contributed by atoms with E-state index < -0.39 is 0 Å². The summed E-state index contributed by atoms with van der Waals surface area (Å²) in [6.07, 6.45) is 4.10. The van der Waals surface area contributed by atoms with Gasteiger partial charge in [0.25, 0.3) is 0 Å². The van der Waals surface area contributed by atoms with Gasteiger partial charge in [0.2, 0.25) is 0 Å². The Hall–Kier alpha value is -4.44. The first-order valence-electron chi connectivity index (χ1n) is 13.8. The number of hydrogen-bond donors (Lipinski definition) is 0. The second-order valence-electron chi connectivity index (χ2n) is 10.6. The highest BCUT2D eigenvalue weighted by Crippen LogP contribution is 2.45. The zero-order chi connectivity index (χ0) is 27.7. The van der Waals surface area contributed by atoms with E-state index in [-0.39, 0.29) is 0 Å². The molecule has 196 valence electrons. The Balaban J connectivity index is 1.36. The number of aryl methyl sites for hydroxylation is 2. The maximum absolute atomic E-state index is 6.21. The predicted octanol–water partition coefficient (Wildman–Crippen LogP) is 12.1. The molecule has 0 spiro atoms. The molecule has 41 heavy (non-hydrogen) atoms. The van der Waals surface area contributed by atoms with E-state index in [1.165, 1.54) is 73.9 Å². The lowest BCUT2D eigenvalue weighted by atomic mass is 9.90. The van der Waals surface area contributed by atoms with Crippen LogP contribution in [-0.2, 0) is 0 Å². The molecule has 0 N–H and O–H groups in total. The number of thiophene rings is 2. The molecule has 0 fully saturated rings. The second kappa shape index (κ2) is 9.31. The third-order valence-electron chi connectivity index (χ3n) is 8.15. The van der Waals surface area contributed by atoms with Crippen molar-refractivity contribution in [2.75, 3.05) is 0 Å². The van der Waals surface area contributed by atoms with Gasteiger partial charge in [-0.1, -0.05) is 79.4 Å². The molecule has 0 bridgehead atoms. The molecule has 0 amide bonds. The van der Waals surface area contributed by atoms with Gasteiger partial charge >= 0.3 is 0 Å². The minimum absolute atomic E-state index is 0.927. The first-order valence-corrected chi connectivity index (χ1v) is 15.4. The Labute approximate surface area is 246 Å². The van der Waals surface area contributed by atoms with E-state index in [4.69, 9.17) is 4.42 Å². The topological polar surface area (TPSA) is 13.1 Å². The maximum Gasteiger partial charge on any atom is 0.135 e. The molecule has 1 nitrogen and oxygen atoms in total. The largest absolute Gasteiger partial charge is 0.456 e. The van der Waals surface area contributed by atoms with Gasteiger partial charge in [0, 0.05) is 51.5 Å². The third-order valence-corrected chi connectivity index (χ3v) is 10.4. The van der Waals surface area contributed by atoms with Crippen LogP contribution in [0.3, 0.4) is 0 Å². The summed E-state index contributed by atoms with van der Waals surface area (Å²) in [5.74, 6) is 0. The second-order valence-corrected chi connectivity index (χ2v) is 12.9. The van der Waals surface area contributed by atoms with Gasteiger partial charge in [-0.2, -0.15) is 0 Å². The van der Waals surface area contributed by atoms with Crippen LogP contribution in [0.1, 0.15) is 21.6 Å². The lowest BCUT2D eigenvalue weighted by Gasteiger charge is -2.12. The van der Waals surface area contributed by atoms with Crippen LogP contribution >= 0.6 is 22.7 Å². The summed E-state index contributed by atoms with van der Waals surface area (Å²) in [5, 5.41) is 6.30. The third kappa shape index (κ3) is 3.73. The van der Waals surface area contributed by atoms with E-state index >= 15 is 0 Å². The molecule has 3 aromatic heterocycles. The SMILES string of the molecule is C=C/C=C(/c1ccc2c(c1)sc1ccccc12)c1c(C)sc2cccc(-c3ccc4oc5cccc(C)c5c4c3)c12. The van der Waals surface area contributed by atoms with Gasteiger partial charge in [-0.25, -0.2) is 0 Å². The molecule has 0 unspecified atom stereocenters. The van der Waals surface area contributed by atoms with E-state index in [0.717, 1.165) is 16.6 Å². The lowest BCUT2D eigenvalue weighted by molar-refractivity contribution is 0.669. The molecule has 5 aromatic carbocycles. The lowest BCUT2D eigenvalue weighted by Crippen LogP contribution is -1.91. The van der Waals surface area contributed by atoms with Crippen molar-refractivity contribution < 1.29 is 4.42 Å². The highest BCUT2D eigenvalue weighted by Gasteiger charge is 2.20. The van der Waals surface area contributed by atoms with Gasteiger partial charge in [-0.15, -0.1) is 22.7 Å². The Morgan fingerprint density at radius 1 is 0.683 bits per heavy atom. The number of allylic oxidation sites excluding steroid dienone is 2. The first-order chi connectivity index (χ1) is 20.1. The number of rotatable bonds is 4. The normalized spacial score (nSPS) is 12.4. The minimum Gasteiger partial charge on any atom is -0.456 e. The molecule has 3 heteroatoms. The molecule has 0 saturated carbocycles. The van der Waals surface area contributed by atoms with Crippen LogP contribution in [0.25, 0.3) is 68.9 Å². The van der Waals surface area contributed by atoms with Crippen molar-refractivity contribution in [1.82, 2.24) is 0 Å². The molecule has 0 saturated heterocycles. The van der Waals surface area contributed by atoms with Crippen molar-refractivity contribution in [3.05, 3.63) is 137 Å². The fraction of sp³-hybridized carbons (Fsp3) is 0.0526. The highest BCUT2D eigenvalue weighted by atomic mass is 32.1. The van der Waals surface area contributed by atoms with Gasteiger partial charge < -0.3 is 4.42 Å². The van der Waals surface area contributed by atoms with Crippen molar-refractivity contribution in [2.45, 2.75) is 13.8 Å². The van der Waals surface area contributed by atoms with Crippen LogP contribution < -0.4 is 0 Å². The Bertz CT molecular complexity index is 2360. The summed E-state index contributed by atoms with van der Waals surface area (Å²) < 4.78 is 10.1. The fourth-order valence-electron chi connectivity index (χ4n) is 6.34. The molecule has 8 rings (SSSR count). The molecular weight excluding hydrogens is 537 g/mol. The number of furan rings is 1. The van der Waals surface area contributed by atoms with E-state index in [1.54, 1.807) is 0 Å². The quantitative estimate of drug-likeness (QED) is 0.194. The van der Waals surface area contributed by atoms with Crippen molar-refractivity contribution in [3.63, 3.8) is 0 Å². The first kappa shape index (κ1) is 24.4.